The molecule has 2 heterocycles. The molecule has 11 aromatic rings. The summed E-state index contributed by atoms with van der Waals surface area (Å²) in [4.78, 5) is 10.9. The Kier molecular flexibility index (Phi) is 13.4. The van der Waals surface area contributed by atoms with E-state index in [9.17, 15) is 5.11 Å². The van der Waals surface area contributed by atoms with Gasteiger partial charge in [0, 0.05) is 44.1 Å². The number of fused-ring (bicyclic) bond motifs is 7. The van der Waals surface area contributed by atoms with E-state index in [1.54, 1.807) is 0 Å². The van der Waals surface area contributed by atoms with Crippen molar-refractivity contribution in [1.82, 2.24) is 14.5 Å². The number of aromatic nitrogens is 3. The first kappa shape index (κ1) is 53.3. The van der Waals surface area contributed by atoms with Crippen molar-refractivity contribution in [2.45, 2.75) is 119 Å². The van der Waals surface area contributed by atoms with Crippen LogP contribution in [0, 0.1) is 19.9 Å². The van der Waals surface area contributed by atoms with Gasteiger partial charge in [0.1, 0.15) is 11.6 Å². The fraction of sp³-hybridized carbons (Fsp3) is 0.250. The maximum atomic E-state index is 12.7. The minimum absolute atomic E-state index is 0. The smallest absolute Gasteiger partial charge is 0.148 e. The van der Waals surface area contributed by atoms with E-state index in [1.807, 2.05) is 6.20 Å². The zero-order valence-electron chi connectivity index (χ0n) is 47.2. The van der Waals surface area contributed by atoms with Gasteiger partial charge in [0.2, 0.25) is 0 Å². The molecule has 390 valence electrons. The van der Waals surface area contributed by atoms with E-state index in [0.717, 1.165) is 66.9 Å². The van der Waals surface area contributed by atoms with E-state index in [-0.39, 0.29) is 48.5 Å². The van der Waals surface area contributed by atoms with Crippen molar-refractivity contribution in [2.24, 2.45) is 0 Å². The summed E-state index contributed by atoms with van der Waals surface area (Å²) >= 11 is 0. The van der Waals surface area contributed by atoms with Crippen molar-refractivity contribution in [3.8, 4) is 67.5 Å². The molecule has 4 nitrogen and oxygen atoms in total. The number of aromatic hydroxyl groups is 1. The molecule has 0 saturated carbocycles. The van der Waals surface area contributed by atoms with Gasteiger partial charge in [-0.25, -0.2) is 4.98 Å². The zero-order valence-corrected chi connectivity index (χ0v) is 49.5. The fourth-order valence-corrected chi connectivity index (χ4v) is 11.5. The van der Waals surface area contributed by atoms with Crippen LogP contribution in [0.15, 0.2) is 164 Å². The van der Waals surface area contributed by atoms with Crippen LogP contribution in [0.25, 0.3) is 105 Å². The molecular formula is C72H70N3OPt-. The van der Waals surface area contributed by atoms with E-state index in [4.69, 9.17) is 9.97 Å². The Hall–Kier alpha value is -7.13. The second kappa shape index (κ2) is 19.4. The summed E-state index contributed by atoms with van der Waals surface area (Å²) in [5, 5.41) is 20.4. The number of benzene rings is 9. The Morgan fingerprint density at radius 2 is 1.06 bits per heavy atom. The van der Waals surface area contributed by atoms with Crippen LogP contribution in [0.3, 0.4) is 0 Å². The second-order valence-corrected chi connectivity index (χ2v) is 25.3. The summed E-state index contributed by atoms with van der Waals surface area (Å²) in [5.74, 6) is 0.930. The summed E-state index contributed by atoms with van der Waals surface area (Å²) < 4.78 is 2.29. The number of pyridine rings is 1. The van der Waals surface area contributed by atoms with Crippen LogP contribution in [0.5, 0.6) is 5.75 Å². The summed E-state index contributed by atoms with van der Waals surface area (Å²) in [7, 11) is 0. The predicted molar refractivity (Wildman–Crippen MR) is 323 cm³/mol. The third-order valence-corrected chi connectivity index (χ3v) is 15.7. The van der Waals surface area contributed by atoms with E-state index < -0.39 is 0 Å². The van der Waals surface area contributed by atoms with E-state index in [2.05, 4.69) is 265 Å². The molecule has 0 saturated heterocycles. The first-order valence-electron chi connectivity index (χ1n) is 27.0. The van der Waals surface area contributed by atoms with Gasteiger partial charge in [-0.1, -0.05) is 209 Å². The largest absolute Gasteiger partial charge is 0.507 e. The van der Waals surface area contributed by atoms with Crippen LogP contribution in [0.2, 0.25) is 0 Å². The van der Waals surface area contributed by atoms with Gasteiger partial charge in [0.15, 0.2) is 0 Å². The maximum Gasteiger partial charge on any atom is 0.148 e. The topological polar surface area (TPSA) is 50.9 Å². The molecule has 0 aliphatic rings. The Labute approximate surface area is 470 Å². The Morgan fingerprint density at radius 1 is 0.481 bits per heavy atom. The predicted octanol–water partition coefficient (Wildman–Crippen LogP) is 19.5. The van der Waals surface area contributed by atoms with Crippen molar-refractivity contribution < 1.29 is 26.2 Å². The average Bonchev–Trinajstić information content (AvgIpc) is 3.88. The van der Waals surface area contributed by atoms with Crippen molar-refractivity contribution >= 4 is 43.4 Å². The first-order chi connectivity index (χ1) is 36.0. The summed E-state index contributed by atoms with van der Waals surface area (Å²) in [5.41, 5.74) is 17.8. The minimum Gasteiger partial charge on any atom is -0.507 e. The Balaban J connectivity index is 0.00000672. The second-order valence-electron chi connectivity index (χ2n) is 25.3. The van der Waals surface area contributed by atoms with Gasteiger partial charge in [0.05, 0.1) is 22.3 Å². The van der Waals surface area contributed by atoms with Crippen LogP contribution < -0.4 is 0 Å². The number of phenols is 1. The standard InChI is InChI=1S/C72H70N3O.Pt/c1-43-35-58-55-27-19-18-25-53(55)54-26-20-21-28-56(54)65(58)44(2)64(43)46-33-34-73-61(39-46)48-36-47(37-50(38-48)70(6,7)8)52-29-22-30-63-66(52)74-68(59-41-51(71(9,10)11)42-60(67(59)76)72(12,13)14)75(63)62-32-31-49(69(3,4)5)40-57(62)45-23-16-15-17-24-45;/h15-35,37-42,76H,1-14H3;/q-1;. The molecule has 0 bridgehead atoms. The third-order valence-electron chi connectivity index (χ3n) is 15.7. The average molecular weight is 1190 g/mol. The van der Waals surface area contributed by atoms with Crippen LogP contribution in [0.4, 0.5) is 0 Å². The molecule has 0 fully saturated rings. The molecule has 11 rings (SSSR count). The molecule has 9 aromatic carbocycles. The number of hydrogen-bond acceptors (Lipinski definition) is 3. The van der Waals surface area contributed by atoms with Crippen LogP contribution in [-0.4, -0.2) is 19.6 Å². The number of phenolic OH excluding ortho intramolecular Hbond substituents is 1. The Morgan fingerprint density at radius 3 is 1.71 bits per heavy atom. The quantitative estimate of drug-likeness (QED) is 0.133. The molecule has 77 heavy (non-hydrogen) atoms. The fourth-order valence-electron chi connectivity index (χ4n) is 11.5. The van der Waals surface area contributed by atoms with Gasteiger partial charge in [-0.15, -0.1) is 29.3 Å². The number of rotatable bonds is 6. The molecule has 0 unspecified atom stereocenters. The number of para-hydroxylation sites is 1. The molecule has 0 amide bonds. The molecular weight excluding hydrogens is 1120 g/mol. The van der Waals surface area contributed by atoms with E-state index in [1.165, 1.54) is 60.1 Å². The normalized spacial score (nSPS) is 12.5. The van der Waals surface area contributed by atoms with Gasteiger partial charge in [-0.05, 0) is 137 Å². The van der Waals surface area contributed by atoms with Crippen molar-refractivity contribution in [3.05, 3.63) is 203 Å². The number of imidazole rings is 1. The third kappa shape index (κ3) is 9.52. The van der Waals surface area contributed by atoms with Crippen LogP contribution >= 0.6 is 0 Å². The SMILES string of the molecule is Cc1cc2c3ccccc3c3ccccc3c2c(C)c1-c1ccnc(-c2[c-]c(-c3cccc4c3nc(-c3cc(C(C)(C)C)cc(C(C)(C)C)c3O)n4-c3ccc(C(C)(C)C)cc3-c3ccccc3)cc(C(C)(C)C)c2)c1.[Pt]. The summed E-state index contributed by atoms with van der Waals surface area (Å²) in [6.07, 6.45) is 1.96. The summed E-state index contributed by atoms with van der Waals surface area (Å²) in [6, 6.07) is 61.3. The Bertz CT molecular complexity index is 4110. The molecule has 0 radical (unpaired) electrons. The molecule has 5 heteroatoms. The molecule has 2 aromatic heterocycles. The van der Waals surface area contributed by atoms with E-state index in [0.29, 0.717) is 11.4 Å². The van der Waals surface area contributed by atoms with Crippen molar-refractivity contribution in [1.29, 1.82) is 0 Å². The molecule has 0 aliphatic heterocycles. The van der Waals surface area contributed by atoms with Crippen LogP contribution in [-0.2, 0) is 42.7 Å². The first-order valence-corrected chi connectivity index (χ1v) is 27.0. The molecule has 1 N–H and O–H groups in total. The zero-order chi connectivity index (χ0) is 53.8. The van der Waals surface area contributed by atoms with Crippen molar-refractivity contribution in [2.75, 3.05) is 0 Å². The number of nitrogens with zero attached hydrogens (tertiary/aromatic N) is 3. The summed E-state index contributed by atoms with van der Waals surface area (Å²) in [6.45, 7) is 31.4. The maximum absolute atomic E-state index is 12.7. The van der Waals surface area contributed by atoms with Gasteiger partial charge >= 0.3 is 0 Å². The van der Waals surface area contributed by atoms with Gasteiger partial charge in [0.25, 0.3) is 0 Å². The molecule has 0 spiro atoms. The van der Waals surface area contributed by atoms with Crippen molar-refractivity contribution in [3.63, 3.8) is 0 Å². The van der Waals surface area contributed by atoms with Gasteiger partial charge < -0.3 is 5.11 Å². The number of hydrogen-bond donors (Lipinski definition) is 1. The van der Waals surface area contributed by atoms with Gasteiger partial charge in [-0.3, -0.25) is 9.55 Å². The minimum atomic E-state index is -0.343. The monoisotopic (exact) mass is 1190 g/mol. The van der Waals surface area contributed by atoms with E-state index >= 15 is 0 Å². The number of aryl methyl sites for hydroxylation is 2. The molecule has 0 atom stereocenters. The van der Waals surface area contributed by atoms with Crippen LogP contribution in [0.1, 0.15) is 116 Å². The molecule has 0 aliphatic carbocycles. The van der Waals surface area contributed by atoms with Gasteiger partial charge in [-0.2, -0.15) is 0 Å².